The van der Waals surface area contributed by atoms with Crippen molar-refractivity contribution in [2.75, 3.05) is 20.1 Å². The maximum Gasteiger partial charge on any atom is 0.316 e. The summed E-state index contributed by atoms with van der Waals surface area (Å²) in [5, 5.41) is 12.0. The number of hydrogen-bond donors (Lipinski definition) is 1. The Hall–Kier alpha value is -0.940. The van der Waals surface area contributed by atoms with E-state index in [-0.39, 0.29) is 0 Å². The summed E-state index contributed by atoms with van der Waals surface area (Å²) in [6.45, 7) is 5.60. The fraction of sp³-hybridized carbons (Fsp3) is 0.692. The van der Waals surface area contributed by atoms with Crippen LogP contribution in [0.25, 0.3) is 0 Å². The van der Waals surface area contributed by atoms with Gasteiger partial charge in [0.25, 0.3) is 0 Å². The molecule has 1 aliphatic heterocycles. The minimum Gasteiger partial charge on any atom is -0.481 e. The molecule has 4 nitrogen and oxygen atoms in total. The summed E-state index contributed by atoms with van der Waals surface area (Å²) in [6.07, 6.45) is 2.34. The number of carbonyl (C=O) groups is 1. The topological polar surface area (TPSA) is 53.4 Å². The molecule has 18 heavy (non-hydrogen) atoms. The molecule has 5 heteroatoms. The minimum atomic E-state index is -0.885. The number of carboxylic acid groups (broad SMARTS) is 1. The average Bonchev–Trinajstić information content (AvgIpc) is 2.78. The molecule has 0 saturated carbocycles. The van der Waals surface area contributed by atoms with Crippen LogP contribution in [0.15, 0.2) is 5.38 Å². The highest BCUT2D eigenvalue weighted by Gasteiger charge is 2.33. The number of nitrogens with zero attached hydrogens (tertiary/aromatic N) is 2. The quantitative estimate of drug-likeness (QED) is 0.914. The van der Waals surface area contributed by atoms with Crippen LogP contribution in [0.4, 0.5) is 0 Å². The number of thiazole rings is 1. The fourth-order valence-electron chi connectivity index (χ4n) is 2.26. The van der Waals surface area contributed by atoms with Gasteiger partial charge in [-0.3, -0.25) is 4.79 Å². The largest absolute Gasteiger partial charge is 0.481 e. The lowest BCUT2D eigenvalue weighted by molar-refractivity contribution is -0.142. The SMILES string of the molecule is CN1CCCC(c2csc(C(C)(C)C(=O)O)n2)C1. The van der Waals surface area contributed by atoms with E-state index in [2.05, 4.69) is 16.9 Å². The first kappa shape index (κ1) is 13.5. The number of carboxylic acids is 1. The van der Waals surface area contributed by atoms with Gasteiger partial charge in [-0.1, -0.05) is 0 Å². The summed E-state index contributed by atoms with van der Waals surface area (Å²) in [6, 6.07) is 0. The number of piperidine rings is 1. The predicted octanol–water partition coefficient (Wildman–Crippen LogP) is 2.31. The number of aliphatic carboxylic acids is 1. The maximum atomic E-state index is 11.2. The molecule has 0 amide bonds. The lowest BCUT2D eigenvalue weighted by Gasteiger charge is -2.28. The molecule has 0 spiro atoms. The Bertz CT molecular complexity index is 442. The van der Waals surface area contributed by atoms with Crippen molar-refractivity contribution >= 4 is 17.3 Å². The van der Waals surface area contributed by atoms with Crippen LogP contribution in [-0.2, 0) is 10.2 Å². The molecule has 1 saturated heterocycles. The van der Waals surface area contributed by atoms with Crippen molar-refractivity contribution < 1.29 is 9.90 Å². The Kier molecular flexibility index (Phi) is 3.73. The van der Waals surface area contributed by atoms with E-state index in [1.54, 1.807) is 13.8 Å². The number of likely N-dealkylation sites (tertiary alicyclic amines) is 1. The zero-order valence-corrected chi connectivity index (χ0v) is 12.0. The number of rotatable bonds is 3. The molecule has 1 fully saturated rings. The van der Waals surface area contributed by atoms with E-state index in [4.69, 9.17) is 0 Å². The second kappa shape index (κ2) is 4.97. The van der Waals surface area contributed by atoms with Gasteiger partial charge in [-0.2, -0.15) is 0 Å². The molecule has 0 aliphatic carbocycles. The van der Waals surface area contributed by atoms with Crippen molar-refractivity contribution in [3.63, 3.8) is 0 Å². The van der Waals surface area contributed by atoms with Crippen LogP contribution in [-0.4, -0.2) is 41.1 Å². The van der Waals surface area contributed by atoms with E-state index in [0.717, 1.165) is 25.2 Å². The zero-order valence-electron chi connectivity index (χ0n) is 11.1. The number of likely N-dealkylation sites (N-methyl/N-ethyl adjacent to an activating group) is 1. The predicted molar refractivity (Wildman–Crippen MR) is 72.2 cm³/mol. The Morgan fingerprint density at radius 3 is 2.94 bits per heavy atom. The van der Waals surface area contributed by atoms with Crippen molar-refractivity contribution in [2.24, 2.45) is 0 Å². The molecule has 1 aromatic rings. The lowest BCUT2D eigenvalue weighted by atomic mass is 9.93. The van der Waals surface area contributed by atoms with Crippen molar-refractivity contribution in [3.8, 4) is 0 Å². The number of aromatic nitrogens is 1. The maximum absolute atomic E-state index is 11.2. The second-order valence-corrected chi connectivity index (χ2v) is 6.47. The third kappa shape index (κ3) is 2.57. The minimum absolute atomic E-state index is 0.457. The Morgan fingerprint density at radius 1 is 1.61 bits per heavy atom. The number of hydrogen-bond acceptors (Lipinski definition) is 4. The highest BCUT2D eigenvalue weighted by molar-refractivity contribution is 7.10. The van der Waals surface area contributed by atoms with Gasteiger partial charge in [-0.15, -0.1) is 11.3 Å². The van der Waals surface area contributed by atoms with E-state index in [0.29, 0.717) is 10.9 Å². The smallest absolute Gasteiger partial charge is 0.316 e. The van der Waals surface area contributed by atoms with Gasteiger partial charge in [-0.25, -0.2) is 4.98 Å². The highest BCUT2D eigenvalue weighted by Crippen LogP contribution is 2.32. The monoisotopic (exact) mass is 268 g/mol. The van der Waals surface area contributed by atoms with Crippen molar-refractivity contribution in [1.29, 1.82) is 0 Å². The summed E-state index contributed by atoms with van der Waals surface area (Å²) in [4.78, 5) is 18.1. The third-order valence-corrected chi connectivity index (χ3v) is 4.82. The summed E-state index contributed by atoms with van der Waals surface area (Å²) >= 11 is 1.47. The molecular weight excluding hydrogens is 248 g/mol. The van der Waals surface area contributed by atoms with Gasteiger partial charge >= 0.3 is 5.97 Å². The Morgan fingerprint density at radius 2 is 2.33 bits per heavy atom. The standard InChI is InChI=1S/C13H20N2O2S/c1-13(2,12(16)17)11-14-10(8-18-11)9-5-4-6-15(3)7-9/h8-9H,4-7H2,1-3H3,(H,16,17). The van der Waals surface area contributed by atoms with Gasteiger partial charge in [0, 0.05) is 17.8 Å². The van der Waals surface area contributed by atoms with Crippen LogP contribution in [0.2, 0.25) is 0 Å². The molecular formula is C13H20N2O2S. The van der Waals surface area contributed by atoms with Gasteiger partial charge in [0.1, 0.15) is 10.4 Å². The van der Waals surface area contributed by atoms with Crippen LogP contribution >= 0.6 is 11.3 Å². The van der Waals surface area contributed by atoms with Gasteiger partial charge in [0.05, 0.1) is 5.69 Å². The Balaban J connectivity index is 2.17. The summed E-state index contributed by atoms with van der Waals surface area (Å²) < 4.78 is 0. The fourth-order valence-corrected chi connectivity index (χ4v) is 3.28. The molecule has 1 atom stereocenters. The summed E-state index contributed by atoms with van der Waals surface area (Å²) in [5.74, 6) is -0.359. The van der Waals surface area contributed by atoms with Gasteiger partial charge < -0.3 is 10.0 Å². The highest BCUT2D eigenvalue weighted by atomic mass is 32.1. The van der Waals surface area contributed by atoms with Crippen LogP contribution in [0.5, 0.6) is 0 Å². The molecule has 0 bridgehead atoms. The molecule has 1 aliphatic rings. The van der Waals surface area contributed by atoms with Gasteiger partial charge in [0.2, 0.25) is 0 Å². The molecule has 1 aromatic heterocycles. The third-order valence-electron chi connectivity index (χ3n) is 3.63. The molecule has 0 radical (unpaired) electrons. The first-order chi connectivity index (χ1) is 8.41. The van der Waals surface area contributed by atoms with Gasteiger partial charge in [-0.05, 0) is 40.3 Å². The molecule has 100 valence electrons. The van der Waals surface area contributed by atoms with E-state index in [9.17, 15) is 9.90 Å². The molecule has 1 unspecified atom stereocenters. The van der Waals surface area contributed by atoms with E-state index in [1.807, 2.05) is 5.38 Å². The molecule has 2 rings (SSSR count). The van der Waals surface area contributed by atoms with Crippen molar-refractivity contribution in [3.05, 3.63) is 16.1 Å². The molecule has 2 heterocycles. The van der Waals surface area contributed by atoms with Crippen LogP contribution in [0.3, 0.4) is 0 Å². The lowest BCUT2D eigenvalue weighted by Crippen LogP contribution is -2.31. The average molecular weight is 268 g/mol. The molecule has 1 N–H and O–H groups in total. The van der Waals surface area contributed by atoms with E-state index >= 15 is 0 Å². The van der Waals surface area contributed by atoms with Crippen LogP contribution < -0.4 is 0 Å². The Labute approximate surface area is 112 Å². The van der Waals surface area contributed by atoms with Gasteiger partial charge in [0.15, 0.2) is 0 Å². The zero-order chi connectivity index (χ0) is 13.3. The molecule has 0 aromatic carbocycles. The first-order valence-electron chi connectivity index (χ1n) is 6.29. The summed E-state index contributed by atoms with van der Waals surface area (Å²) in [7, 11) is 2.13. The van der Waals surface area contributed by atoms with Crippen LogP contribution in [0, 0.1) is 0 Å². The first-order valence-corrected chi connectivity index (χ1v) is 7.17. The summed E-state index contributed by atoms with van der Waals surface area (Å²) in [5.41, 5.74) is 0.180. The van der Waals surface area contributed by atoms with E-state index in [1.165, 1.54) is 17.8 Å². The second-order valence-electron chi connectivity index (χ2n) is 5.61. The van der Waals surface area contributed by atoms with Crippen molar-refractivity contribution in [1.82, 2.24) is 9.88 Å². The normalized spacial score (nSPS) is 22.1. The van der Waals surface area contributed by atoms with E-state index < -0.39 is 11.4 Å². The van der Waals surface area contributed by atoms with Crippen LogP contribution in [0.1, 0.15) is 43.3 Å². The van der Waals surface area contributed by atoms with Crippen molar-refractivity contribution in [2.45, 2.75) is 38.0 Å².